The normalized spacial score (nSPS) is 13.6. The van der Waals surface area contributed by atoms with Gasteiger partial charge in [-0.05, 0) is 49.4 Å². The second-order valence-corrected chi connectivity index (χ2v) is 4.02. The van der Waals surface area contributed by atoms with Gasteiger partial charge in [-0.25, -0.2) is 0 Å². The molecule has 1 aromatic rings. The van der Waals surface area contributed by atoms with E-state index < -0.39 is 0 Å². The number of anilines is 1. The number of rotatable bonds is 4. The molecule has 1 aromatic carbocycles. The van der Waals surface area contributed by atoms with Crippen molar-refractivity contribution in [2.24, 2.45) is 0 Å². The van der Waals surface area contributed by atoms with Crippen LogP contribution in [0.25, 0.3) is 0 Å². The van der Waals surface area contributed by atoms with Crippen molar-refractivity contribution in [1.82, 2.24) is 0 Å². The Kier molecular flexibility index (Phi) is 3.57. The van der Waals surface area contributed by atoms with E-state index in [1.54, 1.807) is 0 Å². The van der Waals surface area contributed by atoms with Gasteiger partial charge in [-0.3, -0.25) is 4.79 Å². The van der Waals surface area contributed by atoms with Crippen molar-refractivity contribution in [2.75, 3.05) is 18.5 Å². The van der Waals surface area contributed by atoms with Crippen molar-refractivity contribution in [3.63, 3.8) is 0 Å². The first kappa shape index (κ1) is 11.1. The third kappa shape index (κ3) is 2.61. The van der Waals surface area contributed by atoms with Gasteiger partial charge in [0.1, 0.15) is 6.61 Å². The molecular formula is C13H17NO2. The van der Waals surface area contributed by atoms with Crippen LogP contribution in [0.15, 0.2) is 18.2 Å². The second-order valence-electron chi connectivity index (χ2n) is 4.02. The van der Waals surface area contributed by atoms with Crippen molar-refractivity contribution >= 4 is 11.6 Å². The number of benzene rings is 1. The highest BCUT2D eigenvalue weighted by Gasteiger charge is 2.11. The third-order valence-corrected chi connectivity index (χ3v) is 2.82. The summed E-state index contributed by atoms with van der Waals surface area (Å²) in [5.74, 6) is -0.0835. The number of carbonyl (C=O) groups excluding carboxylic acids is 1. The summed E-state index contributed by atoms with van der Waals surface area (Å²) in [5, 5.41) is 2.84. The molecule has 0 aliphatic heterocycles. The molecule has 3 heteroatoms. The van der Waals surface area contributed by atoms with Gasteiger partial charge in [-0.2, -0.15) is 0 Å². The molecule has 2 rings (SSSR count). The van der Waals surface area contributed by atoms with Gasteiger partial charge in [-0.1, -0.05) is 6.07 Å². The number of ether oxygens (including phenoxy) is 1. The van der Waals surface area contributed by atoms with Crippen LogP contribution >= 0.6 is 0 Å². The zero-order valence-electron chi connectivity index (χ0n) is 9.58. The minimum absolute atomic E-state index is 0.0835. The first-order chi connectivity index (χ1) is 7.79. The molecule has 0 aromatic heterocycles. The van der Waals surface area contributed by atoms with E-state index in [1.807, 2.05) is 13.0 Å². The Bertz CT molecular complexity index is 388. The molecule has 3 nitrogen and oxygen atoms in total. The molecule has 1 N–H and O–H groups in total. The summed E-state index contributed by atoms with van der Waals surface area (Å²) in [6.45, 7) is 2.58. The van der Waals surface area contributed by atoms with Crippen molar-refractivity contribution in [3.05, 3.63) is 29.3 Å². The first-order valence-electron chi connectivity index (χ1n) is 5.79. The standard InChI is InChI=1S/C13H17NO2/c1-2-16-9-13(15)14-12-7-6-10-4-3-5-11(10)8-12/h6-8H,2-5,9H2,1H3,(H,14,15). The van der Waals surface area contributed by atoms with Crippen LogP contribution in [0, 0.1) is 0 Å². The highest BCUT2D eigenvalue weighted by Crippen LogP contribution is 2.24. The summed E-state index contributed by atoms with van der Waals surface area (Å²) >= 11 is 0. The lowest BCUT2D eigenvalue weighted by atomic mass is 10.1. The smallest absolute Gasteiger partial charge is 0.250 e. The molecule has 0 bridgehead atoms. The summed E-state index contributed by atoms with van der Waals surface area (Å²) in [6.07, 6.45) is 3.53. The molecule has 1 amide bonds. The summed E-state index contributed by atoms with van der Waals surface area (Å²) in [6, 6.07) is 6.15. The van der Waals surface area contributed by atoms with Crippen LogP contribution in [0.3, 0.4) is 0 Å². The lowest BCUT2D eigenvalue weighted by Crippen LogP contribution is -2.18. The summed E-state index contributed by atoms with van der Waals surface area (Å²) in [7, 11) is 0. The van der Waals surface area contributed by atoms with Gasteiger partial charge in [0.2, 0.25) is 5.91 Å². The number of fused-ring (bicyclic) bond motifs is 1. The van der Waals surface area contributed by atoms with Gasteiger partial charge in [0.05, 0.1) is 0 Å². The van der Waals surface area contributed by atoms with Gasteiger partial charge in [0.25, 0.3) is 0 Å². The van der Waals surface area contributed by atoms with E-state index in [1.165, 1.54) is 24.0 Å². The fourth-order valence-electron chi connectivity index (χ4n) is 2.04. The molecule has 1 aliphatic carbocycles. The minimum Gasteiger partial charge on any atom is -0.372 e. The van der Waals surface area contributed by atoms with E-state index in [-0.39, 0.29) is 12.5 Å². The van der Waals surface area contributed by atoms with Crippen LogP contribution in [-0.2, 0) is 22.4 Å². The molecule has 0 fully saturated rings. The number of aryl methyl sites for hydroxylation is 2. The average Bonchev–Trinajstić information content (AvgIpc) is 2.73. The lowest BCUT2D eigenvalue weighted by molar-refractivity contribution is -0.120. The molecule has 0 unspecified atom stereocenters. The Labute approximate surface area is 95.8 Å². The van der Waals surface area contributed by atoms with E-state index in [2.05, 4.69) is 17.4 Å². The topological polar surface area (TPSA) is 38.3 Å². The largest absolute Gasteiger partial charge is 0.372 e. The van der Waals surface area contributed by atoms with Crippen LogP contribution in [0.4, 0.5) is 5.69 Å². The maximum atomic E-state index is 11.4. The molecule has 0 atom stereocenters. The highest BCUT2D eigenvalue weighted by atomic mass is 16.5. The lowest BCUT2D eigenvalue weighted by Gasteiger charge is -2.07. The van der Waals surface area contributed by atoms with Crippen molar-refractivity contribution < 1.29 is 9.53 Å². The summed E-state index contributed by atoms with van der Waals surface area (Å²) in [5.41, 5.74) is 3.67. The van der Waals surface area contributed by atoms with Gasteiger partial charge in [0.15, 0.2) is 0 Å². The van der Waals surface area contributed by atoms with Gasteiger partial charge < -0.3 is 10.1 Å². The van der Waals surface area contributed by atoms with E-state index >= 15 is 0 Å². The minimum atomic E-state index is -0.0835. The fourth-order valence-corrected chi connectivity index (χ4v) is 2.04. The van der Waals surface area contributed by atoms with E-state index in [9.17, 15) is 4.79 Å². The molecule has 0 saturated heterocycles. The number of amides is 1. The number of nitrogens with one attached hydrogen (secondary N) is 1. The van der Waals surface area contributed by atoms with Crippen LogP contribution in [-0.4, -0.2) is 19.1 Å². The monoisotopic (exact) mass is 219 g/mol. The fraction of sp³-hybridized carbons (Fsp3) is 0.462. The molecule has 0 radical (unpaired) electrons. The Hall–Kier alpha value is -1.35. The van der Waals surface area contributed by atoms with E-state index in [0.717, 1.165) is 12.1 Å². The zero-order valence-corrected chi connectivity index (χ0v) is 9.58. The SMILES string of the molecule is CCOCC(=O)Nc1ccc2c(c1)CCC2. The third-order valence-electron chi connectivity index (χ3n) is 2.82. The molecule has 0 spiro atoms. The molecule has 86 valence electrons. The average molecular weight is 219 g/mol. The predicted octanol–water partition coefficient (Wildman–Crippen LogP) is 2.15. The molecular weight excluding hydrogens is 202 g/mol. The van der Waals surface area contributed by atoms with Gasteiger partial charge in [0, 0.05) is 12.3 Å². The summed E-state index contributed by atoms with van der Waals surface area (Å²) in [4.78, 5) is 11.4. The van der Waals surface area contributed by atoms with Crippen LogP contribution < -0.4 is 5.32 Å². The maximum Gasteiger partial charge on any atom is 0.250 e. The number of carbonyl (C=O) groups is 1. The van der Waals surface area contributed by atoms with Crippen molar-refractivity contribution in [3.8, 4) is 0 Å². The highest BCUT2D eigenvalue weighted by molar-refractivity contribution is 5.91. The van der Waals surface area contributed by atoms with Crippen molar-refractivity contribution in [2.45, 2.75) is 26.2 Å². The van der Waals surface area contributed by atoms with Crippen molar-refractivity contribution in [1.29, 1.82) is 0 Å². The Morgan fingerprint density at radius 3 is 3.00 bits per heavy atom. The van der Waals surface area contributed by atoms with Crippen LogP contribution in [0.2, 0.25) is 0 Å². The first-order valence-corrected chi connectivity index (χ1v) is 5.79. The Balaban J connectivity index is 1.97. The van der Waals surface area contributed by atoms with Crippen LogP contribution in [0.1, 0.15) is 24.5 Å². The van der Waals surface area contributed by atoms with E-state index in [4.69, 9.17) is 4.74 Å². The van der Waals surface area contributed by atoms with Gasteiger partial charge in [-0.15, -0.1) is 0 Å². The molecule has 1 aliphatic rings. The molecule has 16 heavy (non-hydrogen) atoms. The van der Waals surface area contributed by atoms with E-state index in [0.29, 0.717) is 6.61 Å². The quantitative estimate of drug-likeness (QED) is 0.842. The predicted molar refractivity (Wildman–Crippen MR) is 63.6 cm³/mol. The Morgan fingerprint density at radius 1 is 1.38 bits per heavy atom. The maximum absolute atomic E-state index is 11.4. The number of hydrogen-bond acceptors (Lipinski definition) is 2. The molecule has 0 saturated carbocycles. The van der Waals surface area contributed by atoms with Gasteiger partial charge >= 0.3 is 0 Å². The molecule has 0 heterocycles. The zero-order chi connectivity index (χ0) is 11.4. The summed E-state index contributed by atoms with van der Waals surface area (Å²) < 4.78 is 5.05. The van der Waals surface area contributed by atoms with Crippen LogP contribution in [0.5, 0.6) is 0 Å². The Morgan fingerprint density at radius 2 is 2.19 bits per heavy atom. The second kappa shape index (κ2) is 5.12. The number of hydrogen-bond donors (Lipinski definition) is 1.